The lowest BCUT2D eigenvalue weighted by Gasteiger charge is -2.38. The molecule has 1 aromatic rings. The molecular weight excluding hydrogens is 338 g/mol. The van der Waals surface area contributed by atoms with E-state index in [0.29, 0.717) is 19.4 Å². The largest absolute Gasteiger partial charge is 0.338 e. The maximum Gasteiger partial charge on any atom is 0.256 e. The van der Waals surface area contributed by atoms with Crippen molar-refractivity contribution in [3.8, 4) is 6.07 Å². The molecule has 1 aromatic carbocycles. The van der Waals surface area contributed by atoms with Gasteiger partial charge >= 0.3 is 0 Å². The fourth-order valence-electron chi connectivity index (χ4n) is 4.14. The number of carbonyl (C=O) groups is 2. The zero-order valence-corrected chi connectivity index (χ0v) is 15.0. The van der Waals surface area contributed by atoms with E-state index in [9.17, 15) is 23.6 Å². The van der Waals surface area contributed by atoms with Gasteiger partial charge in [0.15, 0.2) is 17.4 Å². The maximum atomic E-state index is 14.2. The van der Waals surface area contributed by atoms with Crippen LogP contribution >= 0.6 is 0 Å². The molecule has 0 N–H and O–H groups in total. The average molecular weight is 358 g/mol. The van der Waals surface area contributed by atoms with Crippen molar-refractivity contribution in [2.24, 2.45) is 10.8 Å². The van der Waals surface area contributed by atoms with E-state index in [0.717, 1.165) is 0 Å². The predicted octanol–water partition coefficient (Wildman–Crippen LogP) is 3.55. The minimum atomic E-state index is -1.14. The number of hydrogen-bond donors (Lipinski definition) is 0. The molecule has 0 bridgehead atoms. The number of hydrogen-bond acceptors (Lipinski definition) is 3. The number of likely N-dealkylation sites (tertiary alicyclic amines) is 1. The molecule has 1 spiro atoms. The van der Waals surface area contributed by atoms with Gasteiger partial charge in [0, 0.05) is 23.9 Å². The highest BCUT2D eigenvalue weighted by Crippen LogP contribution is 2.48. The zero-order chi connectivity index (χ0) is 19.3. The molecule has 1 heterocycles. The van der Waals surface area contributed by atoms with Gasteiger partial charge < -0.3 is 4.90 Å². The van der Waals surface area contributed by atoms with Crippen LogP contribution in [0.2, 0.25) is 0 Å². The third-order valence-electron chi connectivity index (χ3n) is 5.40. The summed E-state index contributed by atoms with van der Waals surface area (Å²) in [7, 11) is 0. The fourth-order valence-corrected chi connectivity index (χ4v) is 4.14. The second kappa shape index (κ2) is 6.01. The molecule has 1 saturated heterocycles. The number of ketones is 1. The van der Waals surface area contributed by atoms with Crippen molar-refractivity contribution < 1.29 is 18.4 Å². The highest BCUT2D eigenvalue weighted by molar-refractivity contribution is 6.04. The molecule has 3 rings (SSSR count). The lowest BCUT2D eigenvalue weighted by Crippen LogP contribution is -2.40. The Morgan fingerprint density at radius 3 is 2.62 bits per heavy atom. The molecule has 1 amide bonds. The van der Waals surface area contributed by atoms with Gasteiger partial charge in [-0.15, -0.1) is 0 Å². The van der Waals surface area contributed by atoms with Gasteiger partial charge in [-0.25, -0.2) is 8.78 Å². The number of allylic oxidation sites excluding steroid dienone is 1. The molecule has 4 nitrogen and oxygen atoms in total. The van der Waals surface area contributed by atoms with E-state index in [1.165, 1.54) is 24.0 Å². The molecule has 6 heteroatoms. The monoisotopic (exact) mass is 358 g/mol. The number of rotatable bonds is 1. The molecule has 1 unspecified atom stereocenters. The highest BCUT2D eigenvalue weighted by atomic mass is 19.2. The molecule has 0 radical (unpaired) electrons. The standard InChI is InChI=1S/C20H20F2N2O2/c1-12-4-5-14(16(22)15(12)21)18(26)24-7-6-20(11-24)8-13(9-23)17(25)19(2,3)10-20/h4-5,8H,6-7,10-11H2,1-3H3. The first-order valence-electron chi connectivity index (χ1n) is 8.52. The van der Waals surface area contributed by atoms with Crippen LogP contribution < -0.4 is 0 Å². The van der Waals surface area contributed by atoms with Crippen molar-refractivity contribution in [3.63, 3.8) is 0 Å². The number of aryl methyl sites for hydroxylation is 1. The van der Waals surface area contributed by atoms with Crippen LogP contribution in [0, 0.1) is 40.7 Å². The van der Waals surface area contributed by atoms with Gasteiger partial charge in [0.05, 0.1) is 11.1 Å². The smallest absolute Gasteiger partial charge is 0.256 e. The molecule has 1 aliphatic carbocycles. The maximum absolute atomic E-state index is 14.2. The van der Waals surface area contributed by atoms with E-state index >= 15 is 0 Å². The molecule has 0 saturated carbocycles. The third-order valence-corrected chi connectivity index (χ3v) is 5.40. The summed E-state index contributed by atoms with van der Waals surface area (Å²) in [6.45, 7) is 5.67. The van der Waals surface area contributed by atoms with E-state index < -0.39 is 28.4 Å². The topological polar surface area (TPSA) is 61.2 Å². The zero-order valence-electron chi connectivity index (χ0n) is 15.0. The van der Waals surface area contributed by atoms with Crippen molar-refractivity contribution in [2.45, 2.75) is 33.6 Å². The lowest BCUT2D eigenvalue weighted by molar-refractivity contribution is -0.125. The van der Waals surface area contributed by atoms with Gasteiger partial charge in [-0.1, -0.05) is 26.0 Å². The van der Waals surface area contributed by atoms with E-state index in [1.54, 1.807) is 19.9 Å². The van der Waals surface area contributed by atoms with Crippen molar-refractivity contribution >= 4 is 11.7 Å². The molecule has 1 aliphatic heterocycles. The summed E-state index contributed by atoms with van der Waals surface area (Å²) in [6.07, 6.45) is 2.76. The van der Waals surface area contributed by atoms with Gasteiger partial charge in [0.1, 0.15) is 6.07 Å². The van der Waals surface area contributed by atoms with Gasteiger partial charge in [-0.3, -0.25) is 9.59 Å². The lowest BCUT2D eigenvalue weighted by atomic mass is 9.64. The Morgan fingerprint density at radius 2 is 1.96 bits per heavy atom. The molecule has 2 aliphatic rings. The Kier molecular flexibility index (Phi) is 4.22. The summed E-state index contributed by atoms with van der Waals surface area (Å²) < 4.78 is 28.0. The number of nitrogens with zero attached hydrogens (tertiary/aromatic N) is 2. The molecule has 0 aromatic heterocycles. The Labute approximate surface area is 151 Å². The first-order valence-corrected chi connectivity index (χ1v) is 8.52. The SMILES string of the molecule is Cc1ccc(C(=O)N2CCC3(C=C(C#N)C(=O)C(C)(C)C3)C2)c(F)c1F. The van der Waals surface area contributed by atoms with Crippen LogP contribution in [0.15, 0.2) is 23.8 Å². The van der Waals surface area contributed by atoms with Crippen molar-refractivity contribution in [1.82, 2.24) is 4.90 Å². The van der Waals surface area contributed by atoms with E-state index in [2.05, 4.69) is 0 Å². The quantitative estimate of drug-likeness (QED) is 0.771. The van der Waals surface area contributed by atoms with Gasteiger partial charge in [0.2, 0.25) is 0 Å². The van der Waals surface area contributed by atoms with Crippen LogP contribution in [0.4, 0.5) is 8.78 Å². The van der Waals surface area contributed by atoms with Crippen LogP contribution in [0.25, 0.3) is 0 Å². The first kappa shape index (κ1) is 18.2. The second-order valence-electron chi connectivity index (χ2n) is 7.96. The molecule has 1 fully saturated rings. The predicted molar refractivity (Wildman–Crippen MR) is 91.1 cm³/mol. The number of halogens is 2. The van der Waals surface area contributed by atoms with E-state index in [1.807, 2.05) is 6.07 Å². The number of benzene rings is 1. The molecule has 26 heavy (non-hydrogen) atoms. The second-order valence-corrected chi connectivity index (χ2v) is 7.96. The summed E-state index contributed by atoms with van der Waals surface area (Å²) in [4.78, 5) is 26.5. The molecule has 1 atom stereocenters. The van der Waals surface area contributed by atoms with Gasteiger partial charge in [-0.05, 0) is 31.4 Å². The summed E-state index contributed by atoms with van der Waals surface area (Å²) in [6, 6.07) is 4.64. The van der Waals surface area contributed by atoms with Crippen molar-refractivity contribution in [2.75, 3.05) is 13.1 Å². The third kappa shape index (κ3) is 2.82. The van der Waals surface area contributed by atoms with Crippen LogP contribution in [0.5, 0.6) is 0 Å². The minimum Gasteiger partial charge on any atom is -0.338 e. The Morgan fingerprint density at radius 1 is 1.27 bits per heavy atom. The van der Waals surface area contributed by atoms with Gasteiger partial charge in [-0.2, -0.15) is 5.26 Å². The normalized spacial score (nSPS) is 24.5. The Hall–Kier alpha value is -2.55. The number of carbonyl (C=O) groups excluding carboxylic acids is 2. The average Bonchev–Trinajstić information content (AvgIpc) is 2.98. The summed E-state index contributed by atoms with van der Waals surface area (Å²) >= 11 is 0. The fraction of sp³-hybridized carbons (Fsp3) is 0.450. The van der Waals surface area contributed by atoms with Crippen LogP contribution in [0.1, 0.15) is 42.6 Å². The summed E-state index contributed by atoms with van der Waals surface area (Å²) in [5.74, 6) is -2.91. The van der Waals surface area contributed by atoms with Gasteiger partial charge in [0.25, 0.3) is 5.91 Å². The number of Topliss-reactive ketones (excluding diaryl/α,β-unsaturated/α-hetero) is 1. The molecular formula is C20H20F2N2O2. The number of amides is 1. The van der Waals surface area contributed by atoms with Crippen molar-refractivity contribution in [1.29, 1.82) is 5.26 Å². The van der Waals surface area contributed by atoms with Crippen LogP contribution in [-0.2, 0) is 4.79 Å². The van der Waals surface area contributed by atoms with Crippen molar-refractivity contribution in [3.05, 3.63) is 46.5 Å². The van der Waals surface area contributed by atoms with E-state index in [4.69, 9.17) is 0 Å². The Balaban J connectivity index is 1.90. The molecule has 136 valence electrons. The Bertz CT molecular complexity index is 883. The van der Waals surface area contributed by atoms with Crippen LogP contribution in [-0.4, -0.2) is 29.7 Å². The van der Waals surface area contributed by atoms with Crippen LogP contribution in [0.3, 0.4) is 0 Å². The minimum absolute atomic E-state index is 0.114. The first-order chi connectivity index (χ1) is 12.1. The number of nitriles is 1. The highest BCUT2D eigenvalue weighted by Gasteiger charge is 2.49. The summed E-state index contributed by atoms with van der Waals surface area (Å²) in [5.41, 5.74) is -1.22. The summed E-state index contributed by atoms with van der Waals surface area (Å²) in [5, 5.41) is 9.27. The van der Waals surface area contributed by atoms with E-state index in [-0.39, 0.29) is 29.0 Å².